The minimum atomic E-state index is 0.294. The number of nitrogens with zero attached hydrogens (tertiary/aromatic N) is 2. The molecule has 0 radical (unpaired) electrons. The molecule has 0 unspecified atom stereocenters. The van der Waals surface area contributed by atoms with Crippen molar-refractivity contribution in [3.05, 3.63) is 35.4 Å². The van der Waals surface area contributed by atoms with Crippen LogP contribution in [-0.2, 0) is 0 Å². The highest BCUT2D eigenvalue weighted by Gasteiger charge is 2.08. The average molecular weight is 299 g/mol. The van der Waals surface area contributed by atoms with Gasteiger partial charge in [-0.2, -0.15) is 4.98 Å². The number of aryl methyl sites for hydroxylation is 1. The lowest BCUT2D eigenvalue weighted by Gasteiger charge is -2.11. The molecule has 1 aromatic carbocycles. The Morgan fingerprint density at radius 1 is 1.09 bits per heavy atom. The van der Waals surface area contributed by atoms with Crippen LogP contribution in [0.2, 0.25) is 0 Å². The first-order valence-corrected chi connectivity index (χ1v) is 7.77. The van der Waals surface area contributed by atoms with E-state index in [1.807, 2.05) is 12.1 Å². The third-order valence-electron chi connectivity index (χ3n) is 3.81. The molecule has 1 heterocycles. The number of nitrogen functional groups attached to an aromatic ring is 1. The van der Waals surface area contributed by atoms with Gasteiger partial charge in [-0.1, -0.05) is 24.6 Å². The Labute approximate surface area is 132 Å². The van der Waals surface area contributed by atoms with E-state index in [0.29, 0.717) is 5.95 Å². The average Bonchev–Trinajstić information content (AvgIpc) is 2.49. The molecule has 22 heavy (non-hydrogen) atoms. The molecule has 0 aliphatic heterocycles. The van der Waals surface area contributed by atoms with Crippen molar-refractivity contribution in [1.29, 1.82) is 0 Å². The highest BCUT2D eigenvalue weighted by molar-refractivity contribution is 5.68. The summed E-state index contributed by atoms with van der Waals surface area (Å²) in [6.07, 6.45) is 3.25. The topological polar surface area (TPSA) is 89.8 Å². The van der Waals surface area contributed by atoms with Crippen LogP contribution >= 0.6 is 0 Å². The molecular weight excluding hydrogens is 274 g/mol. The Morgan fingerprint density at radius 2 is 1.91 bits per heavy atom. The Bertz CT molecular complexity index is 624. The van der Waals surface area contributed by atoms with Crippen molar-refractivity contribution in [2.24, 2.45) is 5.73 Å². The third-order valence-corrected chi connectivity index (χ3v) is 3.81. The van der Waals surface area contributed by atoms with Gasteiger partial charge in [0, 0.05) is 18.2 Å². The van der Waals surface area contributed by atoms with Crippen molar-refractivity contribution in [1.82, 2.24) is 9.97 Å². The predicted molar refractivity (Wildman–Crippen MR) is 92.7 cm³/mol. The zero-order valence-electron chi connectivity index (χ0n) is 13.4. The van der Waals surface area contributed by atoms with Gasteiger partial charge in [-0.3, -0.25) is 0 Å². The number of hydrogen-bond donors (Lipinski definition) is 3. The molecule has 0 saturated heterocycles. The lowest BCUT2D eigenvalue weighted by molar-refractivity contribution is 0.706. The van der Waals surface area contributed by atoms with Gasteiger partial charge in [0.1, 0.15) is 5.82 Å². The predicted octanol–water partition coefficient (Wildman–Crippen LogP) is 2.88. The second kappa shape index (κ2) is 7.75. The van der Waals surface area contributed by atoms with Gasteiger partial charge in [0.15, 0.2) is 0 Å². The summed E-state index contributed by atoms with van der Waals surface area (Å²) in [5, 5.41) is 3.32. The largest absolute Gasteiger partial charge is 0.370 e. The van der Waals surface area contributed by atoms with Crippen LogP contribution in [0.25, 0.3) is 11.3 Å². The van der Waals surface area contributed by atoms with Crippen molar-refractivity contribution in [2.75, 3.05) is 24.1 Å². The first kappa shape index (κ1) is 16.2. The molecule has 5 N–H and O–H groups in total. The third kappa shape index (κ3) is 4.18. The summed E-state index contributed by atoms with van der Waals surface area (Å²) in [6, 6.07) is 8.16. The van der Waals surface area contributed by atoms with E-state index in [0.717, 1.165) is 49.4 Å². The quantitative estimate of drug-likeness (QED) is 0.684. The molecule has 0 spiro atoms. The summed E-state index contributed by atoms with van der Waals surface area (Å²) >= 11 is 0. The Balaban J connectivity index is 2.14. The SMILES string of the molecule is Cc1cccc(-c2cc(NCCCCCN)nc(N)n2)c1C. The zero-order chi connectivity index (χ0) is 15.9. The molecule has 5 heteroatoms. The van der Waals surface area contributed by atoms with Crippen molar-refractivity contribution < 1.29 is 0 Å². The maximum absolute atomic E-state index is 5.86. The number of benzene rings is 1. The lowest BCUT2D eigenvalue weighted by Crippen LogP contribution is -2.07. The molecular formula is C17H25N5. The van der Waals surface area contributed by atoms with Gasteiger partial charge < -0.3 is 16.8 Å². The first-order chi connectivity index (χ1) is 10.6. The van der Waals surface area contributed by atoms with Crippen LogP contribution in [0, 0.1) is 13.8 Å². The number of nitrogens with two attached hydrogens (primary N) is 2. The van der Waals surface area contributed by atoms with E-state index < -0.39 is 0 Å². The van der Waals surface area contributed by atoms with E-state index in [4.69, 9.17) is 11.5 Å². The van der Waals surface area contributed by atoms with Gasteiger partial charge in [-0.15, -0.1) is 0 Å². The number of hydrogen-bond acceptors (Lipinski definition) is 5. The lowest BCUT2D eigenvalue weighted by atomic mass is 10.0. The van der Waals surface area contributed by atoms with Crippen LogP contribution in [0.4, 0.5) is 11.8 Å². The molecule has 0 saturated carbocycles. The second-order valence-corrected chi connectivity index (χ2v) is 5.52. The van der Waals surface area contributed by atoms with Gasteiger partial charge in [0.25, 0.3) is 0 Å². The molecule has 0 aliphatic carbocycles. The number of unbranched alkanes of at least 4 members (excludes halogenated alkanes) is 2. The van der Waals surface area contributed by atoms with Crippen molar-refractivity contribution in [3.8, 4) is 11.3 Å². The van der Waals surface area contributed by atoms with E-state index >= 15 is 0 Å². The number of anilines is 2. The van der Waals surface area contributed by atoms with Gasteiger partial charge >= 0.3 is 0 Å². The molecule has 0 aliphatic rings. The number of nitrogens with one attached hydrogen (secondary N) is 1. The van der Waals surface area contributed by atoms with E-state index in [-0.39, 0.29) is 0 Å². The van der Waals surface area contributed by atoms with Crippen LogP contribution < -0.4 is 16.8 Å². The normalized spacial score (nSPS) is 10.7. The van der Waals surface area contributed by atoms with Crippen molar-refractivity contribution >= 4 is 11.8 Å². The van der Waals surface area contributed by atoms with Gasteiger partial charge in [-0.25, -0.2) is 4.98 Å². The molecule has 5 nitrogen and oxygen atoms in total. The molecule has 0 atom stereocenters. The standard InChI is InChI=1S/C17H25N5/c1-12-7-6-8-14(13(12)2)15-11-16(22-17(19)21-15)20-10-5-3-4-9-18/h6-8,11H,3-5,9-10,18H2,1-2H3,(H3,19,20,21,22). The molecule has 2 rings (SSSR count). The monoisotopic (exact) mass is 299 g/mol. The summed E-state index contributed by atoms with van der Waals surface area (Å²) < 4.78 is 0. The van der Waals surface area contributed by atoms with Gasteiger partial charge in [0.2, 0.25) is 5.95 Å². The summed E-state index contributed by atoms with van der Waals surface area (Å²) in [5.74, 6) is 1.07. The Hall–Kier alpha value is -2.14. The Kier molecular flexibility index (Phi) is 5.72. The zero-order valence-corrected chi connectivity index (χ0v) is 13.4. The van der Waals surface area contributed by atoms with Crippen LogP contribution in [0.1, 0.15) is 30.4 Å². The molecule has 2 aromatic rings. The van der Waals surface area contributed by atoms with E-state index in [9.17, 15) is 0 Å². The second-order valence-electron chi connectivity index (χ2n) is 5.52. The van der Waals surface area contributed by atoms with Gasteiger partial charge in [0.05, 0.1) is 5.69 Å². The molecule has 0 bridgehead atoms. The molecule has 0 amide bonds. The molecule has 118 valence electrons. The minimum absolute atomic E-state index is 0.294. The van der Waals surface area contributed by atoms with Crippen LogP contribution in [-0.4, -0.2) is 23.1 Å². The van der Waals surface area contributed by atoms with Crippen molar-refractivity contribution in [2.45, 2.75) is 33.1 Å². The van der Waals surface area contributed by atoms with E-state index in [2.05, 4.69) is 41.3 Å². The van der Waals surface area contributed by atoms with E-state index in [1.165, 1.54) is 11.1 Å². The smallest absolute Gasteiger partial charge is 0.222 e. The minimum Gasteiger partial charge on any atom is -0.370 e. The fourth-order valence-electron chi connectivity index (χ4n) is 2.39. The highest BCUT2D eigenvalue weighted by atomic mass is 15.1. The van der Waals surface area contributed by atoms with Crippen LogP contribution in [0.15, 0.2) is 24.3 Å². The molecule has 1 aromatic heterocycles. The fraction of sp³-hybridized carbons (Fsp3) is 0.412. The van der Waals surface area contributed by atoms with E-state index in [1.54, 1.807) is 0 Å². The number of rotatable bonds is 7. The summed E-state index contributed by atoms with van der Waals surface area (Å²) in [6.45, 7) is 5.81. The highest BCUT2D eigenvalue weighted by Crippen LogP contribution is 2.25. The maximum Gasteiger partial charge on any atom is 0.222 e. The molecule has 0 fully saturated rings. The maximum atomic E-state index is 5.86. The Morgan fingerprint density at radius 3 is 2.68 bits per heavy atom. The van der Waals surface area contributed by atoms with Crippen LogP contribution in [0.3, 0.4) is 0 Å². The van der Waals surface area contributed by atoms with Crippen molar-refractivity contribution in [3.63, 3.8) is 0 Å². The summed E-state index contributed by atoms with van der Waals surface area (Å²) in [7, 11) is 0. The number of aromatic nitrogens is 2. The van der Waals surface area contributed by atoms with Crippen LogP contribution in [0.5, 0.6) is 0 Å². The fourth-order valence-corrected chi connectivity index (χ4v) is 2.39. The summed E-state index contributed by atoms with van der Waals surface area (Å²) in [5.41, 5.74) is 15.8. The first-order valence-electron chi connectivity index (χ1n) is 7.77. The summed E-state index contributed by atoms with van der Waals surface area (Å²) in [4.78, 5) is 8.63. The van der Waals surface area contributed by atoms with Gasteiger partial charge in [-0.05, 0) is 44.4 Å².